The van der Waals surface area contributed by atoms with Crippen LogP contribution in [-0.4, -0.2) is 39.9 Å². The third-order valence-corrected chi connectivity index (χ3v) is 5.99. The van der Waals surface area contributed by atoms with Crippen LogP contribution >= 0.6 is 11.6 Å². The SMILES string of the molecule is O=C(Nc1ccc(Cl)cn1)c1oc2cccnc2c1NC(=O)C1CCN(c2ccncc2)CC1. The summed E-state index contributed by atoms with van der Waals surface area (Å²) in [5, 5.41) is 6.03. The molecule has 2 amide bonds. The number of halogens is 1. The van der Waals surface area contributed by atoms with Crippen LogP contribution in [0.3, 0.4) is 0 Å². The predicted molar refractivity (Wildman–Crippen MR) is 129 cm³/mol. The van der Waals surface area contributed by atoms with Gasteiger partial charge in [0.15, 0.2) is 5.58 Å². The highest BCUT2D eigenvalue weighted by Crippen LogP contribution is 2.31. The van der Waals surface area contributed by atoms with Crippen molar-refractivity contribution in [2.45, 2.75) is 12.8 Å². The zero-order valence-electron chi connectivity index (χ0n) is 18.1. The van der Waals surface area contributed by atoms with Crippen molar-refractivity contribution in [2.24, 2.45) is 5.92 Å². The molecule has 0 radical (unpaired) electrons. The zero-order chi connectivity index (χ0) is 23.5. The minimum atomic E-state index is -0.546. The maximum Gasteiger partial charge on any atom is 0.294 e. The average molecular weight is 477 g/mol. The van der Waals surface area contributed by atoms with Crippen LogP contribution in [-0.2, 0) is 4.79 Å². The molecule has 10 heteroatoms. The van der Waals surface area contributed by atoms with Crippen molar-refractivity contribution in [3.8, 4) is 0 Å². The third kappa shape index (κ3) is 4.55. The molecule has 0 unspecified atom stereocenters. The van der Waals surface area contributed by atoms with Crippen molar-refractivity contribution in [3.63, 3.8) is 0 Å². The lowest BCUT2D eigenvalue weighted by Gasteiger charge is -2.32. The van der Waals surface area contributed by atoms with E-state index in [9.17, 15) is 9.59 Å². The van der Waals surface area contributed by atoms with E-state index in [-0.39, 0.29) is 23.3 Å². The Kier molecular flexibility index (Phi) is 6.09. The summed E-state index contributed by atoms with van der Waals surface area (Å²) in [5.74, 6) is -0.630. The largest absolute Gasteiger partial charge is 0.447 e. The lowest BCUT2D eigenvalue weighted by atomic mass is 9.95. The molecule has 4 aromatic heterocycles. The summed E-state index contributed by atoms with van der Waals surface area (Å²) in [7, 11) is 0. The summed E-state index contributed by atoms with van der Waals surface area (Å²) in [5.41, 5.74) is 2.16. The van der Waals surface area contributed by atoms with Gasteiger partial charge in [0.1, 0.15) is 17.0 Å². The molecule has 2 N–H and O–H groups in total. The molecule has 5 heterocycles. The molecule has 1 aliphatic heterocycles. The normalized spacial score (nSPS) is 14.2. The molecule has 1 fully saturated rings. The fourth-order valence-corrected chi connectivity index (χ4v) is 4.12. The Balaban J connectivity index is 1.33. The van der Waals surface area contributed by atoms with Gasteiger partial charge >= 0.3 is 0 Å². The summed E-state index contributed by atoms with van der Waals surface area (Å²) in [6.45, 7) is 1.50. The van der Waals surface area contributed by atoms with E-state index in [4.69, 9.17) is 16.0 Å². The van der Waals surface area contributed by atoms with Crippen LogP contribution in [0, 0.1) is 5.92 Å². The van der Waals surface area contributed by atoms with Crippen molar-refractivity contribution in [3.05, 3.63) is 72.0 Å². The molecule has 9 nitrogen and oxygen atoms in total. The number of rotatable bonds is 5. The number of piperidine rings is 1. The number of nitrogens with one attached hydrogen (secondary N) is 2. The van der Waals surface area contributed by atoms with Crippen molar-refractivity contribution >= 4 is 51.7 Å². The van der Waals surface area contributed by atoms with E-state index in [1.165, 1.54) is 6.20 Å². The van der Waals surface area contributed by atoms with Gasteiger partial charge < -0.3 is 20.0 Å². The van der Waals surface area contributed by atoms with Crippen molar-refractivity contribution in [1.82, 2.24) is 15.0 Å². The molecule has 0 spiro atoms. The van der Waals surface area contributed by atoms with E-state index < -0.39 is 5.91 Å². The Morgan fingerprint density at radius 1 is 1.00 bits per heavy atom. The number of carbonyl (C=O) groups excluding carboxylic acids is 2. The van der Waals surface area contributed by atoms with Crippen LogP contribution in [0.5, 0.6) is 0 Å². The molecule has 4 aromatic rings. The van der Waals surface area contributed by atoms with Gasteiger partial charge in [-0.1, -0.05) is 11.6 Å². The number of fused-ring (bicyclic) bond motifs is 1. The van der Waals surface area contributed by atoms with Crippen LogP contribution < -0.4 is 15.5 Å². The van der Waals surface area contributed by atoms with Crippen molar-refractivity contribution < 1.29 is 14.0 Å². The van der Waals surface area contributed by atoms with E-state index >= 15 is 0 Å². The maximum atomic E-state index is 13.2. The first kappa shape index (κ1) is 21.8. The second-order valence-electron chi connectivity index (χ2n) is 7.93. The average Bonchev–Trinajstić information content (AvgIpc) is 3.24. The Morgan fingerprint density at radius 3 is 2.53 bits per heavy atom. The van der Waals surface area contributed by atoms with Gasteiger partial charge in [0, 0.05) is 49.5 Å². The predicted octanol–water partition coefficient (Wildman–Crippen LogP) is 4.38. The van der Waals surface area contributed by atoms with E-state index in [0.29, 0.717) is 34.8 Å². The Hall–Kier alpha value is -3.98. The molecule has 1 saturated heterocycles. The monoisotopic (exact) mass is 476 g/mol. The molecular formula is C24H21ClN6O3. The van der Waals surface area contributed by atoms with Gasteiger partial charge in [-0.3, -0.25) is 19.6 Å². The molecule has 0 saturated carbocycles. The first-order valence-corrected chi connectivity index (χ1v) is 11.2. The highest BCUT2D eigenvalue weighted by molar-refractivity contribution is 6.30. The summed E-state index contributed by atoms with van der Waals surface area (Å²) in [6, 6.07) is 10.5. The Morgan fingerprint density at radius 2 is 1.79 bits per heavy atom. The quantitative estimate of drug-likeness (QED) is 0.439. The molecule has 1 aliphatic rings. The maximum absolute atomic E-state index is 13.2. The fourth-order valence-electron chi connectivity index (χ4n) is 4.01. The molecule has 34 heavy (non-hydrogen) atoms. The number of furan rings is 1. The lowest BCUT2D eigenvalue weighted by Crippen LogP contribution is -2.38. The number of hydrogen-bond acceptors (Lipinski definition) is 7. The van der Waals surface area contributed by atoms with Crippen LogP contribution in [0.25, 0.3) is 11.1 Å². The minimum Gasteiger partial charge on any atom is -0.447 e. The first-order chi connectivity index (χ1) is 16.6. The third-order valence-electron chi connectivity index (χ3n) is 5.76. The van der Waals surface area contributed by atoms with Gasteiger partial charge in [-0.2, -0.15) is 0 Å². The van der Waals surface area contributed by atoms with Crippen molar-refractivity contribution in [1.29, 1.82) is 0 Å². The second-order valence-corrected chi connectivity index (χ2v) is 8.36. The fraction of sp³-hybridized carbons (Fsp3) is 0.208. The number of nitrogens with zero attached hydrogens (tertiary/aromatic N) is 4. The molecule has 0 aliphatic carbocycles. The molecular weight excluding hydrogens is 456 g/mol. The van der Waals surface area contributed by atoms with Crippen LogP contribution in [0.15, 0.2) is 65.6 Å². The molecule has 0 aromatic carbocycles. The number of aromatic nitrogens is 3. The smallest absolute Gasteiger partial charge is 0.294 e. The van der Waals surface area contributed by atoms with E-state index in [0.717, 1.165) is 18.8 Å². The number of carbonyl (C=O) groups is 2. The summed E-state index contributed by atoms with van der Waals surface area (Å²) < 4.78 is 5.76. The number of hydrogen-bond donors (Lipinski definition) is 2. The van der Waals surface area contributed by atoms with Crippen LogP contribution in [0.2, 0.25) is 5.02 Å². The van der Waals surface area contributed by atoms with E-state index in [2.05, 4.69) is 30.5 Å². The number of amides is 2. The van der Waals surface area contributed by atoms with E-state index in [1.54, 1.807) is 42.9 Å². The van der Waals surface area contributed by atoms with Gasteiger partial charge in [0.25, 0.3) is 5.91 Å². The standard InChI is InChI=1S/C24H21ClN6O3/c25-16-3-4-19(28-14-16)29-24(33)22-21(20-18(34-22)2-1-9-27-20)30-23(32)15-7-12-31(13-8-15)17-5-10-26-11-6-17/h1-6,9-11,14-15H,7-8,12-13H2,(H,30,32)(H,28,29,33). The Labute approximate surface area is 200 Å². The summed E-state index contributed by atoms with van der Waals surface area (Å²) in [6.07, 6.45) is 7.91. The van der Waals surface area contributed by atoms with Gasteiger partial charge in [-0.25, -0.2) is 4.98 Å². The second kappa shape index (κ2) is 9.48. The lowest BCUT2D eigenvalue weighted by molar-refractivity contribution is -0.120. The summed E-state index contributed by atoms with van der Waals surface area (Å²) >= 11 is 5.86. The molecule has 0 bridgehead atoms. The van der Waals surface area contributed by atoms with Gasteiger partial charge in [0.2, 0.25) is 11.7 Å². The number of anilines is 3. The van der Waals surface area contributed by atoms with Crippen LogP contribution in [0.1, 0.15) is 23.4 Å². The topological polar surface area (TPSA) is 113 Å². The van der Waals surface area contributed by atoms with Crippen LogP contribution in [0.4, 0.5) is 17.2 Å². The molecule has 172 valence electrons. The number of pyridine rings is 3. The highest BCUT2D eigenvalue weighted by Gasteiger charge is 2.29. The minimum absolute atomic E-state index is 0.0342. The first-order valence-electron chi connectivity index (χ1n) is 10.8. The summed E-state index contributed by atoms with van der Waals surface area (Å²) in [4.78, 5) is 40.8. The zero-order valence-corrected chi connectivity index (χ0v) is 18.8. The Bertz CT molecular complexity index is 1320. The van der Waals surface area contributed by atoms with Gasteiger partial charge in [0.05, 0.1) is 5.02 Å². The van der Waals surface area contributed by atoms with Crippen molar-refractivity contribution in [2.75, 3.05) is 28.6 Å². The van der Waals surface area contributed by atoms with E-state index in [1.807, 2.05) is 12.1 Å². The molecule has 5 rings (SSSR count). The van der Waals surface area contributed by atoms with Gasteiger partial charge in [-0.15, -0.1) is 0 Å². The highest BCUT2D eigenvalue weighted by atomic mass is 35.5. The molecule has 0 atom stereocenters. The van der Waals surface area contributed by atoms with Gasteiger partial charge in [-0.05, 0) is 49.2 Å².